The van der Waals surface area contributed by atoms with E-state index in [9.17, 15) is 4.79 Å². The maximum atomic E-state index is 12.0. The number of carbonyl (C=O) groups excluding carboxylic acids is 1. The highest BCUT2D eigenvalue weighted by Crippen LogP contribution is 2.16. The molecule has 1 aromatic heterocycles. The van der Waals surface area contributed by atoms with Crippen molar-refractivity contribution < 1.29 is 4.79 Å². The van der Waals surface area contributed by atoms with Gasteiger partial charge in [-0.25, -0.2) is 0 Å². The quantitative estimate of drug-likeness (QED) is 0.467. The van der Waals surface area contributed by atoms with Gasteiger partial charge in [0.1, 0.15) is 11.6 Å². The second kappa shape index (κ2) is 5.24. The fourth-order valence-corrected chi connectivity index (χ4v) is 2.08. The molecule has 82 valence electrons. The first-order valence-corrected chi connectivity index (χ1v) is 5.94. The van der Waals surface area contributed by atoms with E-state index in [0.29, 0.717) is 4.88 Å². The molecule has 0 atom stereocenters. The van der Waals surface area contributed by atoms with Crippen LogP contribution >= 0.6 is 11.3 Å². The third-order valence-corrected chi connectivity index (χ3v) is 3.09. The number of hydrogen-bond donors (Lipinski definition) is 0. The summed E-state index contributed by atoms with van der Waals surface area (Å²) in [4.78, 5) is 12.6. The molecule has 0 N–H and O–H groups in total. The van der Waals surface area contributed by atoms with Crippen molar-refractivity contribution in [1.29, 1.82) is 5.26 Å². The fourth-order valence-electron chi connectivity index (χ4n) is 1.41. The van der Waals surface area contributed by atoms with Gasteiger partial charge >= 0.3 is 0 Å². The monoisotopic (exact) mass is 239 g/mol. The Morgan fingerprint density at radius 1 is 1.18 bits per heavy atom. The Morgan fingerprint density at radius 3 is 2.53 bits per heavy atom. The van der Waals surface area contributed by atoms with Crippen LogP contribution in [0.25, 0.3) is 6.08 Å². The Hall–Kier alpha value is -2.18. The summed E-state index contributed by atoms with van der Waals surface area (Å²) in [6.07, 6.45) is 1.61. The van der Waals surface area contributed by atoms with Gasteiger partial charge in [0.05, 0.1) is 4.88 Å². The molecule has 0 radical (unpaired) electrons. The molecule has 2 rings (SSSR count). The molecular formula is C14H9NOS. The van der Waals surface area contributed by atoms with Gasteiger partial charge in [-0.3, -0.25) is 4.79 Å². The summed E-state index contributed by atoms with van der Waals surface area (Å²) in [5.41, 5.74) is 1.02. The molecule has 2 nitrogen and oxygen atoms in total. The molecule has 0 unspecified atom stereocenters. The number of hydrogen-bond acceptors (Lipinski definition) is 3. The zero-order chi connectivity index (χ0) is 12.1. The van der Waals surface area contributed by atoms with Gasteiger partial charge < -0.3 is 0 Å². The molecule has 0 aliphatic carbocycles. The summed E-state index contributed by atoms with van der Waals surface area (Å²) in [6.45, 7) is 0. The first-order chi connectivity index (χ1) is 8.31. The average Bonchev–Trinajstić information content (AvgIpc) is 2.90. The first-order valence-electron chi connectivity index (χ1n) is 5.06. The summed E-state index contributed by atoms with van der Waals surface area (Å²) < 4.78 is 0. The van der Waals surface area contributed by atoms with E-state index >= 15 is 0 Å². The zero-order valence-corrected chi connectivity index (χ0v) is 9.78. The third kappa shape index (κ3) is 2.68. The molecule has 2 aromatic rings. The summed E-state index contributed by atoms with van der Waals surface area (Å²) >= 11 is 1.34. The van der Waals surface area contributed by atoms with Crippen LogP contribution in [0.4, 0.5) is 0 Å². The summed E-state index contributed by atoms with van der Waals surface area (Å²) in [5.74, 6) is -0.216. The SMILES string of the molecule is N#C/C(=C\c1ccccc1)C(=O)c1cccs1. The Morgan fingerprint density at radius 2 is 1.94 bits per heavy atom. The normalized spacial score (nSPS) is 10.9. The molecule has 1 heterocycles. The van der Waals surface area contributed by atoms with E-state index in [2.05, 4.69) is 0 Å². The number of nitriles is 1. The van der Waals surface area contributed by atoms with Gasteiger partial charge in [-0.15, -0.1) is 11.3 Å². The lowest BCUT2D eigenvalue weighted by molar-refractivity contribution is 0.104. The molecule has 1 aromatic carbocycles. The molecule has 0 aliphatic heterocycles. The lowest BCUT2D eigenvalue weighted by atomic mass is 10.1. The second-order valence-corrected chi connectivity index (χ2v) is 4.33. The largest absolute Gasteiger partial charge is 0.287 e. The highest BCUT2D eigenvalue weighted by atomic mass is 32.1. The van der Waals surface area contributed by atoms with Crippen LogP contribution in [0.5, 0.6) is 0 Å². The van der Waals surface area contributed by atoms with Crippen LogP contribution in [0.1, 0.15) is 15.2 Å². The summed E-state index contributed by atoms with van der Waals surface area (Å²) in [5, 5.41) is 10.8. The van der Waals surface area contributed by atoms with E-state index in [1.54, 1.807) is 18.2 Å². The smallest absolute Gasteiger partial charge is 0.213 e. The van der Waals surface area contributed by atoms with Gasteiger partial charge in [-0.1, -0.05) is 36.4 Å². The van der Waals surface area contributed by atoms with Crippen LogP contribution in [0.3, 0.4) is 0 Å². The van der Waals surface area contributed by atoms with Crippen LogP contribution in [-0.4, -0.2) is 5.78 Å². The molecule has 0 spiro atoms. The highest BCUT2D eigenvalue weighted by Gasteiger charge is 2.12. The molecule has 0 bridgehead atoms. The van der Waals surface area contributed by atoms with E-state index in [0.717, 1.165) is 5.56 Å². The summed E-state index contributed by atoms with van der Waals surface area (Å²) in [6, 6.07) is 14.8. The average molecular weight is 239 g/mol. The van der Waals surface area contributed by atoms with Gasteiger partial charge in [-0.05, 0) is 23.1 Å². The van der Waals surface area contributed by atoms with Crippen molar-refractivity contribution in [3.8, 4) is 6.07 Å². The predicted octanol–water partition coefficient (Wildman–Crippen LogP) is 3.54. The minimum absolute atomic E-state index is 0.165. The molecule has 3 heteroatoms. The Labute approximate surface area is 103 Å². The van der Waals surface area contributed by atoms with Crippen LogP contribution in [0.2, 0.25) is 0 Å². The number of carbonyl (C=O) groups is 1. The van der Waals surface area contributed by atoms with Crippen LogP contribution in [-0.2, 0) is 0 Å². The van der Waals surface area contributed by atoms with Crippen molar-refractivity contribution in [3.05, 3.63) is 63.9 Å². The van der Waals surface area contributed by atoms with E-state index in [1.807, 2.05) is 41.8 Å². The van der Waals surface area contributed by atoms with Gasteiger partial charge in [0, 0.05) is 0 Å². The minimum atomic E-state index is -0.216. The van der Waals surface area contributed by atoms with E-state index in [1.165, 1.54) is 11.3 Å². The minimum Gasteiger partial charge on any atom is -0.287 e. The van der Waals surface area contributed by atoms with Crippen molar-refractivity contribution in [2.75, 3.05) is 0 Å². The topological polar surface area (TPSA) is 40.9 Å². The van der Waals surface area contributed by atoms with Crippen molar-refractivity contribution in [1.82, 2.24) is 0 Å². The standard InChI is InChI=1S/C14H9NOS/c15-10-12(9-11-5-2-1-3-6-11)14(16)13-7-4-8-17-13/h1-9H/b12-9+. The number of benzene rings is 1. The van der Waals surface area contributed by atoms with Gasteiger partial charge in [0.15, 0.2) is 0 Å². The summed E-state index contributed by atoms with van der Waals surface area (Å²) in [7, 11) is 0. The maximum Gasteiger partial charge on any atom is 0.213 e. The molecular weight excluding hydrogens is 230 g/mol. The molecule has 0 amide bonds. The number of allylic oxidation sites excluding steroid dienone is 1. The van der Waals surface area contributed by atoms with Crippen molar-refractivity contribution in [3.63, 3.8) is 0 Å². The number of thiophene rings is 1. The molecule has 0 saturated heterocycles. The molecule has 0 aliphatic rings. The molecule has 0 saturated carbocycles. The van der Waals surface area contributed by atoms with E-state index in [-0.39, 0.29) is 11.4 Å². The highest BCUT2D eigenvalue weighted by molar-refractivity contribution is 7.12. The fraction of sp³-hybridized carbons (Fsp3) is 0. The number of Topliss-reactive ketones (excluding diaryl/α,β-unsaturated/α-hetero) is 1. The molecule has 17 heavy (non-hydrogen) atoms. The van der Waals surface area contributed by atoms with Crippen LogP contribution in [0.15, 0.2) is 53.4 Å². The van der Waals surface area contributed by atoms with E-state index < -0.39 is 0 Å². The van der Waals surface area contributed by atoms with Crippen molar-refractivity contribution in [2.45, 2.75) is 0 Å². The second-order valence-electron chi connectivity index (χ2n) is 3.39. The van der Waals surface area contributed by atoms with Crippen molar-refractivity contribution >= 4 is 23.2 Å². The lowest BCUT2D eigenvalue weighted by Crippen LogP contribution is -1.98. The predicted molar refractivity (Wildman–Crippen MR) is 68.7 cm³/mol. The Balaban J connectivity index is 2.33. The van der Waals surface area contributed by atoms with E-state index in [4.69, 9.17) is 5.26 Å². The van der Waals surface area contributed by atoms with Crippen LogP contribution < -0.4 is 0 Å². The van der Waals surface area contributed by atoms with Gasteiger partial charge in [0.2, 0.25) is 5.78 Å². The number of ketones is 1. The lowest BCUT2D eigenvalue weighted by Gasteiger charge is -1.96. The van der Waals surface area contributed by atoms with Gasteiger partial charge in [0.25, 0.3) is 0 Å². The maximum absolute atomic E-state index is 12.0. The first kappa shape index (κ1) is 11.3. The number of rotatable bonds is 3. The van der Waals surface area contributed by atoms with Crippen LogP contribution in [0, 0.1) is 11.3 Å². The zero-order valence-electron chi connectivity index (χ0n) is 8.96. The van der Waals surface area contributed by atoms with Gasteiger partial charge in [-0.2, -0.15) is 5.26 Å². The number of nitrogens with zero attached hydrogens (tertiary/aromatic N) is 1. The third-order valence-electron chi connectivity index (χ3n) is 2.22. The Kier molecular flexibility index (Phi) is 3.49. The Bertz CT molecular complexity index is 576. The molecule has 0 fully saturated rings. The van der Waals surface area contributed by atoms with Crippen molar-refractivity contribution in [2.24, 2.45) is 0 Å².